The summed E-state index contributed by atoms with van der Waals surface area (Å²) >= 11 is 11.3. The van der Waals surface area contributed by atoms with E-state index in [0.717, 1.165) is 5.56 Å². The van der Waals surface area contributed by atoms with E-state index in [2.05, 4.69) is 9.97 Å². The Kier molecular flexibility index (Phi) is 9.43. The first kappa shape index (κ1) is 24.3. The van der Waals surface area contributed by atoms with Gasteiger partial charge < -0.3 is 9.47 Å². The monoisotopic (exact) mass is 443 g/mol. The third-order valence-electron chi connectivity index (χ3n) is 3.36. The molecular formula is C18H19Cl2N3O6. The molecule has 0 radical (unpaired) electrons. The second-order valence-corrected chi connectivity index (χ2v) is 6.53. The number of nitrogens with zero attached hydrogens (tertiary/aromatic N) is 3. The van der Waals surface area contributed by atoms with Crippen molar-refractivity contribution >= 4 is 40.5 Å². The molecule has 0 aromatic carbocycles. The Morgan fingerprint density at radius 3 is 2.00 bits per heavy atom. The molecule has 11 heteroatoms. The van der Waals surface area contributed by atoms with Gasteiger partial charge in [-0.05, 0) is 19.9 Å². The minimum Gasteiger partial charge on any atom is -0.481 e. The van der Waals surface area contributed by atoms with Crippen molar-refractivity contribution in [2.75, 3.05) is 14.2 Å². The van der Waals surface area contributed by atoms with Gasteiger partial charge in [0.25, 0.3) is 0 Å². The molecule has 0 aliphatic heterocycles. The van der Waals surface area contributed by atoms with E-state index in [1.54, 1.807) is 12.1 Å². The number of Topliss-reactive ketones (excluding diaryl/α,β-unsaturated/α-hetero) is 2. The van der Waals surface area contributed by atoms with E-state index in [1.165, 1.54) is 34.1 Å². The van der Waals surface area contributed by atoms with Crippen LogP contribution in [0.4, 0.5) is 5.69 Å². The van der Waals surface area contributed by atoms with Gasteiger partial charge in [0, 0.05) is 30.0 Å². The maximum absolute atomic E-state index is 11.0. The number of aromatic nitrogens is 2. The molecule has 0 saturated heterocycles. The Bertz CT molecular complexity index is 921. The SMILES string of the molecule is COc1nc(Cl)c([N+](=O)[O-])cc1CC(C)=O.COc1nc(Cl)ccc1CC(C)=O. The normalized spacial score (nSPS) is 9.86. The quantitative estimate of drug-likeness (QED) is 0.360. The topological polar surface area (TPSA) is 122 Å². The fourth-order valence-corrected chi connectivity index (χ4v) is 2.57. The summed E-state index contributed by atoms with van der Waals surface area (Å²) in [4.78, 5) is 39.4. The van der Waals surface area contributed by atoms with E-state index < -0.39 is 4.92 Å². The van der Waals surface area contributed by atoms with Crippen molar-refractivity contribution in [3.63, 3.8) is 0 Å². The lowest BCUT2D eigenvalue weighted by Gasteiger charge is -2.06. The molecule has 0 saturated carbocycles. The maximum Gasteiger partial charge on any atom is 0.307 e. The summed E-state index contributed by atoms with van der Waals surface area (Å²) in [5, 5.41) is 10.7. The summed E-state index contributed by atoms with van der Waals surface area (Å²) in [6, 6.07) is 4.59. The number of pyridine rings is 2. The highest BCUT2D eigenvalue weighted by molar-refractivity contribution is 6.31. The molecule has 2 aromatic heterocycles. The zero-order valence-electron chi connectivity index (χ0n) is 16.2. The highest BCUT2D eigenvalue weighted by Gasteiger charge is 2.19. The van der Waals surface area contributed by atoms with E-state index in [-0.39, 0.29) is 34.7 Å². The smallest absolute Gasteiger partial charge is 0.307 e. The number of halogens is 2. The molecule has 2 aromatic rings. The maximum atomic E-state index is 11.0. The second kappa shape index (κ2) is 11.3. The highest BCUT2D eigenvalue weighted by atomic mass is 35.5. The van der Waals surface area contributed by atoms with E-state index in [9.17, 15) is 19.7 Å². The number of hydrogen-bond donors (Lipinski definition) is 0. The molecule has 0 N–H and O–H groups in total. The van der Waals surface area contributed by atoms with E-state index >= 15 is 0 Å². The lowest BCUT2D eigenvalue weighted by molar-refractivity contribution is -0.385. The van der Waals surface area contributed by atoms with Gasteiger partial charge in [-0.15, -0.1) is 0 Å². The predicted octanol–water partition coefficient (Wildman–Crippen LogP) is 3.66. The Hall–Kier alpha value is -2.78. The molecular weight excluding hydrogens is 425 g/mol. The standard InChI is InChI=1S/C9H9ClN2O4.C9H10ClNO2/c1-5(13)3-6-4-7(12(14)15)8(10)11-9(6)16-2;1-6(12)5-7-3-4-8(10)11-9(7)13-2/h4H,3H2,1-2H3;3-4H,5H2,1-2H3. The molecule has 2 heterocycles. The fourth-order valence-electron chi connectivity index (χ4n) is 2.23. The van der Waals surface area contributed by atoms with Crippen molar-refractivity contribution in [3.05, 3.63) is 49.7 Å². The summed E-state index contributed by atoms with van der Waals surface area (Å²) in [6.45, 7) is 2.90. The largest absolute Gasteiger partial charge is 0.481 e. The summed E-state index contributed by atoms with van der Waals surface area (Å²) < 4.78 is 9.87. The van der Waals surface area contributed by atoms with Gasteiger partial charge >= 0.3 is 5.69 Å². The number of ketones is 2. The average molecular weight is 444 g/mol. The predicted molar refractivity (Wildman–Crippen MR) is 107 cm³/mol. The van der Waals surface area contributed by atoms with Crippen molar-refractivity contribution in [1.29, 1.82) is 0 Å². The first-order chi connectivity index (χ1) is 13.6. The van der Waals surface area contributed by atoms with Crippen LogP contribution in [0, 0.1) is 10.1 Å². The number of methoxy groups -OCH3 is 2. The number of ether oxygens (including phenoxy) is 2. The van der Waals surface area contributed by atoms with Crippen LogP contribution in [0.5, 0.6) is 11.8 Å². The van der Waals surface area contributed by atoms with Crippen molar-refractivity contribution in [1.82, 2.24) is 9.97 Å². The van der Waals surface area contributed by atoms with Crippen molar-refractivity contribution in [3.8, 4) is 11.8 Å². The first-order valence-electron chi connectivity index (χ1n) is 8.15. The Labute approximate surface area is 177 Å². The molecule has 0 aliphatic rings. The minimum atomic E-state index is -0.654. The summed E-state index contributed by atoms with van der Waals surface area (Å²) in [6.07, 6.45) is 0.349. The van der Waals surface area contributed by atoms with Gasteiger partial charge in [-0.1, -0.05) is 29.3 Å². The fraction of sp³-hybridized carbons (Fsp3) is 0.333. The van der Waals surface area contributed by atoms with E-state index in [1.807, 2.05) is 0 Å². The van der Waals surface area contributed by atoms with Crippen LogP contribution in [0.2, 0.25) is 10.3 Å². The first-order valence-corrected chi connectivity index (χ1v) is 8.90. The molecule has 0 unspecified atom stereocenters. The van der Waals surface area contributed by atoms with E-state index in [4.69, 9.17) is 32.7 Å². The van der Waals surface area contributed by atoms with Crippen molar-refractivity contribution in [2.45, 2.75) is 26.7 Å². The van der Waals surface area contributed by atoms with Crippen molar-refractivity contribution in [2.24, 2.45) is 0 Å². The molecule has 0 aliphatic carbocycles. The van der Waals surface area contributed by atoms with Crippen LogP contribution in [0.25, 0.3) is 0 Å². The summed E-state index contributed by atoms with van der Waals surface area (Å²) in [7, 11) is 2.86. The minimum absolute atomic E-state index is 0.0220. The van der Waals surface area contributed by atoms with Crippen LogP contribution in [0.15, 0.2) is 18.2 Å². The molecule has 156 valence electrons. The van der Waals surface area contributed by atoms with Crippen LogP contribution in [-0.2, 0) is 22.4 Å². The Balaban J connectivity index is 0.000000296. The van der Waals surface area contributed by atoms with Crippen LogP contribution >= 0.6 is 23.2 Å². The number of carbonyl (C=O) groups is 2. The lowest BCUT2D eigenvalue weighted by Crippen LogP contribution is -2.03. The van der Waals surface area contributed by atoms with Crippen LogP contribution in [-0.4, -0.2) is 40.7 Å². The van der Waals surface area contributed by atoms with Gasteiger partial charge in [-0.2, -0.15) is 4.98 Å². The Morgan fingerprint density at radius 1 is 1.00 bits per heavy atom. The van der Waals surface area contributed by atoms with Gasteiger partial charge in [-0.3, -0.25) is 19.7 Å². The molecule has 0 amide bonds. The average Bonchev–Trinajstić information content (AvgIpc) is 2.63. The lowest BCUT2D eigenvalue weighted by atomic mass is 10.1. The number of carbonyl (C=O) groups excluding carboxylic acids is 2. The molecule has 0 fully saturated rings. The molecule has 0 spiro atoms. The highest BCUT2D eigenvalue weighted by Crippen LogP contribution is 2.29. The number of rotatable bonds is 7. The van der Waals surface area contributed by atoms with Gasteiger partial charge in [0.2, 0.25) is 16.9 Å². The zero-order valence-corrected chi connectivity index (χ0v) is 17.7. The van der Waals surface area contributed by atoms with Gasteiger partial charge in [-0.25, -0.2) is 4.98 Å². The van der Waals surface area contributed by atoms with Gasteiger partial charge in [0.1, 0.15) is 16.7 Å². The van der Waals surface area contributed by atoms with Crippen LogP contribution in [0.1, 0.15) is 25.0 Å². The molecule has 0 bridgehead atoms. The molecule has 2 rings (SSSR count). The summed E-state index contributed by atoms with van der Waals surface area (Å²) in [5.41, 5.74) is 0.782. The van der Waals surface area contributed by atoms with Crippen LogP contribution in [0.3, 0.4) is 0 Å². The Morgan fingerprint density at radius 2 is 1.52 bits per heavy atom. The van der Waals surface area contributed by atoms with Crippen LogP contribution < -0.4 is 9.47 Å². The van der Waals surface area contributed by atoms with Gasteiger partial charge in [0.15, 0.2) is 0 Å². The summed E-state index contributed by atoms with van der Waals surface area (Å²) in [5.74, 6) is 0.479. The molecule has 9 nitrogen and oxygen atoms in total. The molecule has 0 atom stereocenters. The zero-order chi connectivity index (χ0) is 22.1. The number of hydrogen-bond acceptors (Lipinski definition) is 8. The third kappa shape index (κ3) is 7.63. The third-order valence-corrected chi connectivity index (χ3v) is 3.85. The van der Waals surface area contributed by atoms with E-state index in [0.29, 0.717) is 23.0 Å². The second-order valence-electron chi connectivity index (χ2n) is 5.78. The molecule has 29 heavy (non-hydrogen) atoms. The van der Waals surface area contributed by atoms with Crippen molar-refractivity contribution < 1.29 is 24.0 Å². The van der Waals surface area contributed by atoms with Gasteiger partial charge in [0.05, 0.1) is 19.1 Å². The number of nitro groups is 1.